The summed E-state index contributed by atoms with van der Waals surface area (Å²) in [7, 11) is -2.01. The molecule has 0 amide bonds. The molecular weight excluding hydrogens is 276 g/mol. The van der Waals surface area contributed by atoms with Crippen molar-refractivity contribution in [2.75, 3.05) is 13.7 Å². The fourth-order valence-electron chi connectivity index (χ4n) is 2.09. The third-order valence-electron chi connectivity index (χ3n) is 3.03. The van der Waals surface area contributed by atoms with E-state index >= 15 is 0 Å². The summed E-state index contributed by atoms with van der Waals surface area (Å²) in [6.45, 7) is 6.11. The number of sulfonamides is 1. The minimum absolute atomic E-state index is 0.249. The van der Waals surface area contributed by atoms with Crippen LogP contribution in [0.4, 0.5) is 0 Å². The summed E-state index contributed by atoms with van der Waals surface area (Å²) in [4.78, 5) is 0.264. The Labute approximate surface area is 121 Å². The van der Waals surface area contributed by atoms with Crippen molar-refractivity contribution in [1.29, 1.82) is 0 Å². The van der Waals surface area contributed by atoms with Crippen molar-refractivity contribution in [2.24, 2.45) is 11.7 Å². The highest BCUT2D eigenvalue weighted by atomic mass is 32.2. The minimum atomic E-state index is -3.56. The molecule has 1 aromatic carbocycles. The van der Waals surface area contributed by atoms with E-state index in [1.165, 1.54) is 0 Å². The lowest BCUT2D eigenvalue weighted by Gasteiger charge is -2.19. The third kappa shape index (κ3) is 4.47. The Morgan fingerprint density at radius 1 is 1.35 bits per heavy atom. The molecule has 1 rings (SSSR count). The number of hydrogen-bond acceptors (Lipinski definition) is 4. The van der Waals surface area contributed by atoms with E-state index in [1.54, 1.807) is 32.2 Å². The first-order chi connectivity index (χ1) is 9.30. The highest BCUT2D eigenvalue weighted by Crippen LogP contribution is 2.21. The normalized spacial score (nSPS) is 13.5. The van der Waals surface area contributed by atoms with Gasteiger partial charge < -0.3 is 10.5 Å². The van der Waals surface area contributed by atoms with Crippen molar-refractivity contribution in [1.82, 2.24) is 4.72 Å². The minimum Gasteiger partial charge on any atom is -0.497 e. The smallest absolute Gasteiger partial charge is 0.241 e. The number of nitrogens with one attached hydrogen (secondary N) is 1. The van der Waals surface area contributed by atoms with Crippen molar-refractivity contribution in [3.63, 3.8) is 0 Å². The van der Waals surface area contributed by atoms with Gasteiger partial charge in [0, 0.05) is 12.6 Å². The zero-order chi connectivity index (χ0) is 15.3. The Hall–Kier alpha value is -1.11. The van der Waals surface area contributed by atoms with Crippen LogP contribution >= 0.6 is 0 Å². The molecule has 5 nitrogen and oxygen atoms in total. The van der Waals surface area contributed by atoms with Gasteiger partial charge in [-0.15, -0.1) is 0 Å². The second-order valence-electron chi connectivity index (χ2n) is 5.31. The van der Waals surface area contributed by atoms with Crippen LogP contribution < -0.4 is 15.2 Å². The largest absolute Gasteiger partial charge is 0.497 e. The molecule has 0 spiro atoms. The van der Waals surface area contributed by atoms with Gasteiger partial charge in [0.25, 0.3) is 0 Å². The number of benzene rings is 1. The van der Waals surface area contributed by atoms with Gasteiger partial charge in [0.2, 0.25) is 10.0 Å². The predicted octanol–water partition coefficient (Wildman–Crippen LogP) is 1.66. The molecule has 0 aromatic heterocycles. The van der Waals surface area contributed by atoms with E-state index in [1.807, 2.05) is 13.8 Å². The van der Waals surface area contributed by atoms with Gasteiger partial charge >= 0.3 is 0 Å². The average Bonchev–Trinajstić information content (AvgIpc) is 2.36. The second-order valence-corrected chi connectivity index (χ2v) is 7.00. The topological polar surface area (TPSA) is 81.4 Å². The molecule has 6 heteroatoms. The number of hydrogen-bond donors (Lipinski definition) is 2. The molecule has 0 bridgehead atoms. The van der Waals surface area contributed by atoms with Crippen molar-refractivity contribution < 1.29 is 13.2 Å². The molecule has 0 unspecified atom stereocenters. The molecule has 0 fully saturated rings. The van der Waals surface area contributed by atoms with Crippen LogP contribution in [0.5, 0.6) is 5.75 Å². The van der Waals surface area contributed by atoms with E-state index in [9.17, 15) is 8.42 Å². The van der Waals surface area contributed by atoms with Gasteiger partial charge in [-0.05, 0) is 43.0 Å². The Bertz CT molecular complexity index is 541. The summed E-state index contributed by atoms with van der Waals surface area (Å²) >= 11 is 0. The standard InChI is InChI=1S/C14H24N2O3S/c1-10(2)7-12(9-15)16-20(17,18)14-6-5-13(19-4)8-11(14)3/h5-6,8,10,12,16H,7,9,15H2,1-4H3/t12-/m1/s1. The van der Waals surface area contributed by atoms with Crippen molar-refractivity contribution >= 4 is 10.0 Å². The number of nitrogens with two attached hydrogens (primary N) is 1. The molecule has 0 aliphatic heterocycles. The van der Waals surface area contributed by atoms with Gasteiger partial charge in [-0.2, -0.15) is 0 Å². The highest BCUT2D eigenvalue weighted by Gasteiger charge is 2.21. The highest BCUT2D eigenvalue weighted by molar-refractivity contribution is 7.89. The summed E-state index contributed by atoms with van der Waals surface area (Å²) in [6, 6.07) is 4.65. The molecule has 1 aromatic rings. The lowest BCUT2D eigenvalue weighted by molar-refractivity contribution is 0.414. The fraction of sp³-hybridized carbons (Fsp3) is 0.571. The molecule has 1 atom stereocenters. The van der Waals surface area contributed by atoms with Crippen LogP contribution in [0.25, 0.3) is 0 Å². The quantitative estimate of drug-likeness (QED) is 0.802. The Kier molecular flexibility index (Phi) is 5.98. The van der Waals surface area contributed by atoms with Crippen LogP contribution in [-0.4, -0.2) is 28.1 Å². The molecular formula is C14H24N2O3S. The first-order valence-electron chi connectivity index (χ1n) is 6.67. The molecule has 3 N–H and O–H groups in total. The van der Waals surface area contributed by atoms with Gasteiger partial charge in [0.05, 0.1) is 12.0 Å². The third-order valence-corrected chi connectivity index (χ3v) is 4.71. The lowest BCUT2D eigenvalue weighted by atomic mass is 10.1. The fourth-order valence-corrected chi connectivity index (χ4v) is 3.58. The maximum absolute atomic E-state index is 12.4. The first-order valence-corrected chi connectivity index (χ1v) is 8.15. The number of aryl methyl sites for hydroxylation is 1. The predicted molar refractivity (Wildman–Crippen MR) is 80.3 cm³/mol. The zero-order valence-electron chi connectivity index (χ0n) is 12.5. The molecule has 0 aliphatic carbocycles. The molecule has 20 heavy (non-hydrogen) atoms. The maximum Gasteiger partial charge on any atom is 0.241 e. The van der Waals surface area contributed by atoms with E-state index in [4.69, 9.17) is 10.5 Å². The van der Waals surface area contributed by atoms with Crippen LogP contribution in [0.2, 0.25) is 0 Å². The molecule has 0 saturated carbocycles. The zero-order valence-corrected chi connectivity index (χ0v) is 13.3. The second kappa shape index (κ2) is 7.06. The molecule has 0 saturated heterocycles. The van der Waals surface area contributed by atoms with E-state index in [2.05, 4.69) is 4.72 Å². The van der Waals surface area contributed by atoms with Crippen molar-refractivity contribution in [3.8, 4) is 5.75 Å². The summed E-state index contributed by atoms with van der Waals surface area (Å²) in [5.74, 6) is 1.02. The van der Waals surface area contributed by atoms with E-state index in [0.29, 0.717) is 23.7 Å². The number of rotatable bonds is 7. The summed E-state index contributed by atoms with van der Waals surface area (Å²) in [5, 5.41) is 0. The van der Waals surface area contributed by atoms with E-state index < -0.39 is 10.0 Å². The van der Waals surface area contributed by atoms with E-state index in [-0.39, 0.29) is 17.5 Å². The van der Waals surface area contributed by atoms with Gasteiger partial charge in [-0.3, -0.25) is 0 Å². The Balaban J connectivity index is 2.98. The summed E-state index contributed by atoms with van der Waals surface area (Å²) in [5.41, 5.74) is 6.29. The molecule has 0 heterocycles. The summed E-state index contributed by atoms with van der Waals surface area (Å²) in [6.07, 6.45) is 0.713. The van der Waals surface area contributed by atoms with Crippen LogP contribution in [-0.2, 0) is 10.0 Å². The number of methoxy groups -OCH3 is 1. The molecule has 0 aliphatic rings. The van der Waals surface area contributed by atoms with Gasteiger partial charge in [-0.25, -0.2) is 13.1 Å². The SMILES string of the molecule is COc1ccc(S(=O)(=O)N[C@@H](CN)CC(C)C)c(C)c1. The average molecular weight is 300 g/mol. The van der Waals surface area contributed by atoms with Gasteiger partial charge in [-0.1, -0.05) is 13.8 Å². The van der Waals surface area contributed by atoms with Crippen LogP contribution in [0.1, 0.15) is 25.8 Å². The Morgan fingerprint density at radius 2 is 2.00 bits per heavy atom. The van der Waals surface area contributed by atoms with Gasteiger partial charge in [0.15, 0.2) is 0 Å². The van der Waals surface area contributed by atoms with Crippen LogP contribution in [0, 0.1) is 12.8 Å². The monoisotopic (exact) mass is 300 g/mol. The van der Waals surface area contributed by atoms with Crippen LogP contribution in [0.15, 0.2) is 23.1 Å². The Morgan fingerprint density at radius 3 is 2.45 bits per heavy atom. The van der Waals surface area contributed by atoms with Crippen molar-refractivity contribution in [3.05, 3.63) is 23.8 Å². The van der Waals surface area contributed by atoms with E-state index in [0.717, 1.165) is 0 Å². The number of ether oxygens (including phenoxy) is 1. The maximum atomic E-state index is 12.4. The molecule has 114 valence electrons. The van der Waals surface area contributed by atoms with Crippen LogP contribution in [0.3, 0.4) is 0 Å². The lowest BCUT2D eigenvalue weighted by Crippen LogP contribution is -2.41. The van der Waals surface area contributed by atoms with Crippen molar-refractivity contribution in [2.45, 2.75) is 38.1 Å². The van der Waals surface area contributed by atoms with Gasteiger partial charge in [0.1, 0.15) is 5.75 Å². The first kappa shape index (κ1) is 16.9. The summed E-state index contributed by atoms with van der Waals surface area (Å²) < 4.78 is 32.5. The molecule has 0 radical (unpaired) electrons.